The maximum atomic E-state index is 14.0. The summed E-state index contributed by atoms with van der Waals surface area (Å²) < 4.78 is 14.0. The molecule has 4 nitrogen and oxygen atoms in total. The summed E-state index contributed by atoms with van der Waals surface area (Å²) in [5.41, 5.74) is 1.27. The lowest BCUT2D eigenvalue weighted by molar-refractivity contribution is -0.141. The van der Waals surface area contributed by atoms with Gasteiger partial charge in [-0.3, -0.25) is 9.59 Å². The second-order valence-corrected chi connectivity index (χ2v) is 7.34. The summed E-state index contributed by atoms with van der Waals surface area (Å²) >= 11 is 0. The third-order valence-electron chi connectivity index (χ3n) is 4.57. The Morgan fingerprint density at radius 2 is 1.68 bits per heavy atom. The third kappa shape index (κ3) is 6.19. The molecule has 5 heteroatoms. The molecule has 1 atom stereocenters. The van der Waals surface area contributed by atoms with Crippen LogP contribution in [0.25, 0.3) is 0 Å². The van der Waals surface area contributed by atoms with E-state index in [-0.39, 0.29) is 18.2 Å². The van der Waals surface area contributed by atoms with Gasteiger partial charge in [-0.25, -0.2) is 4.39 Å². The van der Waals surface area contributed by atoms with E-state index >= 15 is 0 Å². The molecule has 0 aromatic heterocycles. The lowest BCUT2D eigenvalue weighted by Gasteiger charge is -2.31. The minimum Gasteiger partial charge on any atom is -0.354 e. The molecule has 2 aromatic rings. The second-order valence-electron chi connectivity index (χ2n) is 7.34. The van der Waals surface area contributed by atoms with Gasteiger partial charge in [0.25, 0.3) is 0 Å². The molecule has 150 valence electrons. The maximum absolute atomic E-state index is 14.0. The van der Waals surface area contributed by atoms with Crippen molar-refractivity contribution in [2.24, 2.45) is 5.92 Å². The fourth-order valence-electron chi connectivity index (χ4n) is 3.03. The van der Waals surface area contributed by atoms with Crippen molar-refractivity contribution >= 4 is 11.8 Å². The second kappa shape index (κ2) is 10.6. The van der Waals surface area contributed by atoms with E-state index in [1.165, 1.54) is 6.07 Å². The van der Waals surface area contributed by atoms with Gasteiger partial charge in [0.15, 0.2) is 0 Å². The summed E-state index contributed by atoms with van der Waals surface area (Å²) in [4.78, 5) is 27.4. The minimum absolute atomic E-state index is 0.0759. The van der Waals surface area contributed by atoms with Crippen LogP contribution in [0.4, 0.5) is 4.39 Å². The third-order valence-corrected chi connectivity index (χ3v) is 4.57. The zero-order valence-corrected chi connectivity index (χ0v) is 16.8. The van der Waals surface area contributed by atoms with Gasteiger partial charge in [-0.2, -0.15) is 0 Å². The van der Waals surface area contributed by atoms with Gasteiger partial charge in [-0.15, -0.1) is 0 Å². The number of amides is 2. The van der Waals surface area contributed by atoms with E-state index in [2.05, 4.69) is 5.32 Å². The molecule has 0 saturated heterocycles. The van der Waals surface area contributed by atoms with E-state index in [9.17, 15) is 14.0 Å². The van der Waals surface area contributed by atoms with Crippen LogP contribution in [0.15, 0.2) is 54.6 Å². The molecular formula is C23H29FN2O2. The Balaban J connectivity index is 2.25. The summed E-state index contributed by atoms with van der Waals surface area (Å²) in [6.07, 6.45) is 0.410. The fourth-order valence-corrected chi connectivity index (χ4v) is 3.03. The van der Waals surface area contributed by atoms with Crippen molar-refractivity contribution in [1.82, 2.24) is 10.2 Å². The maximum Gasteiger partial charge on any atom is 0.242 e. The lowest BCUT2D eigenvalue weighted by atomic mass is 10.1. The van der Waals surface area contributed by atoms with Crippen molar-refractivity contribution in [2.45, 2.75) is 46.2 Å². The number of hydrogen-bond donors (Lipinski definition) is 1. The van der Waals surface area contributed by atoms with E-state index in [0.29, 0.717) is 31.0 Å². The highest BCUT2D eigenvalue weighted by atomic mass is 19.1. The number of carbonyl (C=O) groups excluding carboxylic acids is 2. The molecule has 2 rings (SSSR count). The van der Waals surface area contributed by atoms with Crippen molar-refractivity contribution in [3.8, 4) is 0 Å². The Kier molecular flexibility index (Phi) is 8.18. The summed E-state index contributed by atoms with van der Waals surface area (Å²) in [5.74, 6) is -0.527. The molecule has 0 aliphatic heterocycles. The number of benzene rings is 2. The minimum atomic E-state index is -0.599. The summed E-state index contributed by atoms with van der Waals surface area (Å²) in [7, 11) is 0. The molecule has 28 heavy (non-hydrogen) atoms. The zero-order valence-electron chi connectivity index (χ0n) is 16.8. The largest absolute Gasteiger partial charge is 0.354 e. The van der Waals surface area contributed by atoms with E-state index < -0.39 is 11.9 Å². The molecule has 0 radical (unpaired) electrons. The van der Waals surface area contributed by atoms with Crippen LogP contribution in [0.5, 0.6) is 0 Å². The first-order chi connectivity index (χ1) is 13.4. The van der Waals surface area contributed by atoms with Gasteiger partial charge in [0.05, 0.1) is 6.42 Å². The van der Waals surface area contributed by atoms with Gasteiger partial charge in [-0.05, 0) is 29.5 Å². The Morgan fingerprint density at radius 3 is 2.29 bits per heavy atom. The normalized spacial score (nSPS) is 11.9. The number of halogens is 1. The molecule has 0 saturated carbocycles. The summed E-state index contributed by atoms with van der Waals surface area (Å²) in [5, 5.41) is 2.92. The van der Waals surface area contributed by atoms with Crippen LogP contribution >= 0.6 is 0 Å². The standard InChI is InChI=1S/C23H29FN2O2/c1-4-21(23(28)25-15-17(2)3)26(16-18-10-6-5-7-11-18)22(27)14-19-12-8-9-13-20(19)24/h5-13,17,21H,4,14-16H2,1-3H3,(H,25,28). The van der Waals surface area contributed by atoms with Crippen molar-refractivity contribution in [1.29, 1.82) is 0 Å². The van der Waals surface area contributed by atoms with Crippen molar-refractivity contribution < 1.29 is 14.0 Å². The fraction of sp³-hybridized carbons (Fsp3) is 0.391. The highest BCUT2D eigenvalue weighted by molar-refractivity contribution is 5.88. The van der Waals surface area contributed by atoms with Gasteiger partial charge < -0.3 is 10.2 Å². The molecule has 0 aliphatic rings. The van der Waals surface area contributed by atoms with E-state index in [1.54, 1.807) is 23.1 Å². The summed E-state index contributed by atoms with van der Waals surface area (Å²) in [6, 6.07) is 15.2. The first-order valence-electron chi connectivity index (χ1n) is 9.76. The molecule has 0 bridgehead atoms. The Morgan fingerprint density at radius 1 is 1.04 bits per heavy atom. The lowest BCUT2D eigenvalue weighted by Crippen LogP contribution is -2.50. The average Bonchev–Trinajstić information content (AvgIpc) is 2.68. The quantitative estimate of drug-likeness (QED) is 0.712. The molecule has 0 aliphatic carbocycles. The Bertz CT molecular complexity index is 777. The molecular weight excluding hydrogens is 355 g/mol. The molecule has 2 amide bonds. The molecule has 1 N–H and O–H groups in total. The predicted molar refractivity (Wildman–Crippen MR) is 109 cm³/mol. The first-order valence-corrected chi connectivity index (χ1v) is 9.76. The van der Waals surface area contributed by atoms with E-state index in [1.807, 2.05) is 51.1 Å². The Hall–Kier alpha value is -2.69. The number of carbonyl (C=O) groups is 2. The van der Waals surface area contributed by atoms with Gasteiger partial charge in [0.1, 0.15) is 11.9 Å². The molecule has 0 fully saturated rings. The number of nitrogens with zero attached hydrogens (tertiary/aromatic N) is 1. The van der Waals surface area contributed by atoms with Crippen LogP contribution in [-0.2, 0) is 22.6 Å². The average molecular weight is 384 g/mol. The topological polar surface area (TPSA) is 49.4 Å². The smallest absolute Gasteiger partial charge is 0.242 e. The Labute approximate surface area is 166 Å². The van der Waals surface area contributed by atoms with E-state index in [0.717, 1.165) is 5.56 Å². The van der Waals surface area contributed by atoms with Crippen LogP contribution in [0.1, 0.15) is 38.3 Å². The van der Waals surface area contributed by atoms with Crippen LogP contribution in [0.3, 0.4) is 0 Å². The SMILES string of the molecule is CCC(C(=O)NCC(C)C)N(Cc1ccccc1)C(=O)Cc1ccccc1F. The van der Waals surface area contributed by atoms with Crippen molar-refractivity contribution in [3.05, 3.63) is 71.5 Å². The molecule has 0 spiro atoms. The van der Waals surface area contributed by atoms with Gasteiger partial charge >= 0.3 is 0 Å². The number of nitrogens with one attached hydrogen (secondary N) is 1. The monoisotopic (exact) mass is 384 g/mol. The van der Waals surface area contributed by atoms with E-state index in [4.69, 9.17) is 0 Å². The summed E-state index contributed by atoms with van der Waals surface area (Å²) in [6.45, 7) is 6.78. The van der Waals surface area contributed by atoms with Gasteiger partial charge in [-0.1, -0.05) is 69.3 Å². The van der Waals surface area contributed by atoms with Crippen LogP contribution in [0, 0.1) is 11.7 Å². The van der Waals surface area contributed by atoms with Gasteiger partial charge in [0, 0.05) is 13.1 Å². The molecule has 1 unspecified atom stereocenters. The van der Waals surface area contributed by atoms with Crippen LogP contribution < -0.4 is 5.32 Å². The predicted octanol–water partition coefficient (Wildman–Crippen LogP) is 3.95. The van der Waals surface area contributed by atoms with Crippen LogP contribution in [0.2, 0.25) is 0 Å². The zero-order chi connectivity index (χ0) is 20.5. The molecule has 2 aromatic carbocycles. The number of hydrogen-bond acceptors (Lipinski definition) is 2. The van der Waals surface area contributed by atoms with Crippen molar-refractivity contribution in [3.63, 3.8) is 0 Å². The molecule has 0 heterocycles. The first kappa shape index (κ1) is 21.6. The van der Waals surface area contributed by atoms with Crippen LogP contribution in [-0.4, -0.2) is 29.3 Å². The van der Waals surface area contributed by atoms with Crippen molar-refractivity contribution in [2.75, 3.05) is 6.54 Å². The number of rotatable bonds is 9. The highest BCUT2D eigenvalue weighted by Gasteiger charge is 2.29. The highest BCUT2D eigenvalue weighted by Crippen LogP contribution is 2.16. The van der Waals surface area contributed by atoms with Gasteiger partial charge in [0.2, 0.25) is 11.8 Å².